The molecule has 0 heterocycles. The number of aliphatic carboxylic acids is 2. The van der Waals surface area contributed by atoms with Gasteiger partial charge in [0.2, 0.25) is 0 Å². The SMILES string of the molecule is CCCC(=O)O.CCCCCCCCC(CCCCCC)CSC(CC)C(=O)O. The molecule has 0 aliphatic heterocycles. The molecule has 0 amide bonds. The van der Waals surface area contributed by atoms with Crippen molar-refractivity contribution in [2.75, 3.05) is 5.75 Å². The minimum atomic E-state index is -0.711. The molecule has 0 rings (SSSR count). The van der Waals surface area contributed by atoms with Gasteiger partial charge in [0.05, 0.1) is 0 Å². The molecule has 0 aliphatic rings. The summed E-state index contributed by atoms with van der Waals surface area (Å²) in [5, 5.41) is 16.9. The highest BCUT2D eigenvalue weighted by atomic mass is 32.2. The molecule has 2 atom stereocenters. The van der Waals surface area contributed by atoms with E-state index in [1.165, 1.54) is 77.0 Å². The third-order valence-corrected chi connectivity index (χ3v) is 6.68. The van der Waals surface area contributed by atoms with Crippen molar-refractivity contribution in [1.82, 2.24) is 0 Å². The Morgan fingerprint density at radius 3 is 1.59 bits per heavy atom. The first-order valence-corrected chi connectivity index (χ1v) is 13.0. The van der Waals surface area contributed by atoms with E-state index in [0.29, 0.717) is 6.42 Å². The minimum absolute atomic E-state index is 0.210. The molecule has 0 fully saturated rings. The van der Waals surface area contributed by atoms with Gasteiger partial charge in [0.25, 0.3) is 0 Å². The van der Waals surface area contributed by atoms with Crippen molar-refractivity contribution in [2.24, 2.45) is 5.92 Å². The Labute approximate surface area is 184 Å². The first-order valence-electron chi connectivity index (χ1n) is 12.0. The molecule has 0 radical (unpaired) electrons. The summed E-state index contributed by atoms with van der Waals surface area (Å²) in [5.74, 6) is 0.405. The second-order valence-electron chi connectivity index (χ2n) is 7.98. The van der Waals surface area contributed by atoms with E-state index in [-0.39, 0.29) is 5.25 Å². The van der Waals surface area contributed by atoms with Gasteiger partial charge in [-0.15, -0.1) is 11.8 Å². The molecule has 0 saturated heterocycles. The predicted molar refractivity (Wildman–Crippen MR) is 127 cm³/mol. The van der Waals surface area contributed by atoms with Crippen LogP contribution < -0.4 is 0 Å². The van der Waals surface area contributed by atoms with E-state index in [1.54, 1.807) is 11.8 Å². The maximum atomic E-state index is 11.2. The maximum Gasteiger partial charge on any atom is 0.316 e. The third-order valence-electron chi connectivity index (χ3n) is 5.08. The van der Waals surface area contributed by atoms with Crippen molar-refractivity contribution in [3.8, 4) is 0 Å². The Bertz CT molecular complexity index is 374. The Morgan fingerprint density at radius 1 is 0.724 bits per heavy atom. The van der Waals surface area contributed by atoms with Crippen LogP contribution in [0, 0.1) is 5.92 Å². The first-order chi connectivity index (χ1) is 13.9. The van der Waals surface area contributed by atoms with Crippen molar-refractivity contribution >= 4 is 23.7 Å². The standard InChI is InChI=1S/C20H40O2S.C4H8O2/c1-4-7-9-11-12-14-16-18(15-13-10-8-5-2)17-23-19(6-3)20(21)22;1-2-3-4(5)6/h18-19H,4-17H2,1-3H3,(H,21,22);2-3H2,1H3,(H,5,6). The van der Waals surface area contributed by atoms with E-state index >= 15 is 0 Å². The molecule has 0 spiro atoms. The summed E-state index contributed by atoms with van der Waals surface area (Å²) in [6.45, 7) is 8.34. The molecular formula is C24H48O4S. The molecule has 0 aromatic heterocycles. The number of carboxylic acid groups (broad SMARTS) is 2. The summed E-state index contributed by atoms with van der Waals surface area (Å²) < 4.78 is 0. The number of thioether (sulfide) groups is 1. The quantitative estimate of drug-likeness (QED) is 0.204. The van der Waals surface area contributed by atoms with Gasteiger partial charge in [0.15, 0.2) is 0 Å². The van der Waals surface area contributed by atoms with Gasteiger partial charge in [-0.25, -0.2) is 0 Å². The van der Waals surface area contributed by atoms with Gasteiger partial charge >= 0.3 is 11.9 Å². The molecule has 0 aromatic rings. The molecule has 174 valence electrons. The molecule has 0 aliphatic carbocycles. The van der Waals surface area contributed by atoms with E-state index in [0.717, 1.165) is 24.5 Å². The second-order valence-corrected chi connectivity index (χ2v) is 9.22. The van der Waals surface area contributed by atoms with Crippen molar-refractivity contribution < 1.29 is 19.8 Å². The van der Waals surface area contributed by atoms with Crippen LogP contribution in [0.15, 0.2) is 0 Å². The van der Waals surface area contributed by atoms with Gasteiger partial charge in [0, 0.05) is 6.42 Å². The highest BCUT2D eigenvalue weighted by Gasteiger charge is 2.18. The monoisotopic (exact) mass is 432 g/mol. The molecule has 4 nitrogen and oxygen atoms in total. The van der Waals surface area contributed by atoms with Gasteiger partial charge in [0.1, 0.15) is 5.25 Å². The zero-order chi connectivity index (χ0) is 22.3. The van der Waals surface area contributed by atoms with Crippen LogP contribution in [-0.2, 0) is 9.59 Å². The maximum absolute atomic E-state index is 11.2. The summed E-state index contributed by atoms with van der Waals surface area (Å²) in [5.41, 5.74) is 0. The summed E-state index contributed by atoms with van der Waals surface area (Å²) in [7, 11) is 0. The average molecular weight is 433 g/mol. The molecule has 0 aromatic carbocycles. The van der Waals surface area contributed by atoms with Crippen LogP contribution in [0.25, 0.3) is 0 Å². The summed E-state index contributed by atoms with van der Waals surface area (Å²) in [6.07, 6.45) is 17.7. The van der Waals surface area contributed by atoms with Gasteiger partial charge in [-0.3, -0.25) is 9.59 Å². The fourth-order valence-corrected chi connectivity index (χ4v) is 4.43. The van der Waals surface area contributed by atoms with Crippen LogP contribution in [0.3, 0.4) is 0 Å². The highest BCUT2D eigenvalue weighted by Crippen LogP contribution is 2.26. The van der Waals surface area contributed by atoms with Gasteiger partial charge in [-0.1, -0.05) is 91.9 Å². The van der Waals surface area contributed by atoms with Gasteiger partial charge in [-0.2, -0.15) is 0 Å². The smallest absolute Gasteiger partial charge is 0.316 e. The Balaban J connectivity index is 0. The zero-order valence-corrected chi connectivity index (χ0v) is 20.4. The fourth-order valence-electron chi connectivity index (χ4n) is 3.21. The van der Waals surface area contributed by atoms with Gasteiger partial charge < -0.3 is 10.2 Å². The summed E-state index contributed by atoms with van der Waals surface area (Å²) in [6, 6.07) is 0. The van der Waals surface area contributed by atoms with Crippen LogP contribution >= 0.6 is 11.8 Å². The van der Waals surface area contributed by atoms with Crippen molar-refractivity contribution in [3.05, 3.63) is 0 Å². The van der Waals surface area contributed by atoms with E-state index in [9.17, 15) is 14.7 Å². The lowest BCUT2D eigenvalue weighted by atomic mass is 9.96. The molecule has 0 saturated carbocycles. The molecule has 2 N–H and O–H groups in total. The molecule has 0 bridgehead atoms. The highest BCUT2D eigenvalue weighted by molar-refractivity contribution is 8.00. The van der Waals surface area contributed by atoms with E-state index in [2.05, 4.69) is 13.8 Å². The van der Waals surface area contributed by atoms with Crippen LogP contribution in [0.1, 0.15) is 124 Å². The normalized spacial score (nSPS) is 12.7. The number of hydrogen-bond acceptors (Lipinski definition) is 3. The Hall–Kier alpha value is -0.710. The lowest BCUT2D eigenvalue weighted by Crippen LogP contribution is -2.17. The second kappa shape index (κ2) is 23.6. The molecule has 29 heavy (non-hydrogen) atoms. The van der Waals surface area contributed by atoms with E-state index in [4.69, 9.17) is 5.11 Å². The lowest BCUT2D eigenvalue weighted by Gasteiger charge is -2.19. The van der Waals surface area contributed by atoms with Crippen LogP contribution in [-0.4, -0.2) is 33.2 Å². The lowest BCUT2D eigenvalue weighted by molar-refractivity contribution is -0.137. The summed E-state index contributed by atoms with van der Waals surface area (Å²) in [4.78, 5) is 20.8. The largest absolute Gasteiger partial charge is 0.481 e. The minimum Gasteiger partial charge on any atom is -0.481 e. The van der Waals surface area contributed by atoms with Crippen LogP contribution in [0.5, 0.6) is 0 Å². The average Bonchev–Trinajstić information content (AvgIpc) is 2.67. The fraction of sp³-hybridized carbons (Fsp3) is 0.917. The van der Waals surface area contributed by atoms with E-state index < -0.39 is 11.9 Å². The van der Waals surface area contributed by atoms with Crippen LogP contribution in [0.2, 0.25) is 0 Å². The Kier molecular flexibility index (Phi) is 24.8. The molecular weight excluding hydrogens is 384 g/mol. The molecule has 5 heteroatoms. The zero-order valence-electron chi connectivity index (χ0n) is 19.6. The van der Waals surface area contributed by atoms with Crippen molar-refractivity contribution in [3.63, 3.8) is 0 Å². The topological polar surface area (TPSA) is 74.6 Å². The number of rotatable bonds is 19. The number of unbranched alkanes of at least 4 members (excludes halogenated alkanes) is 8. The van der Waals surface area contributed by atoms with Crippen LogP contribution in [0.4, 0.5) is 0 Å². The number of hydrogen-bond donors (Lipinski definition) is 2. The summed E-state index contributed by atoms with van der Waals surface area (Å²) >= 11 is 1.67. The van der Waals surface area contributed by atoms with Crippen molar-refractivity contribution in [1.29, 1.82) is 0 Å². The number of carbonyl (C=O) groups is 2. The van der Waals surface area contributed by atoms with E-state index in [1.807, 2.05) is 13.8 Å². The molecule has 2 unspecified atom stereocenters. The predicted octanol–water partition coefficient (Wildman–Crippen LogP) is 7.79. The third kappa shape index (κ3) is 23.4. The first kappa shape index (κ1) is 30.5. The Morgan fingerprint density at radius 2 is 1.21 bits per heavy atom. The van der Waals surface area contributed by atoms with Crippen molar-refractivity contribution in [2.45, 2.75) is 129 Å². The number of carboxylic acids is 2. The van der Waals surface area contributed by atoms with Gasteiger partial charge in [-0.05, 0) is 37.4 Å².